The molecule has 88 valence electrons. The summed E-state index contributed by atoms with van der Waals surface area (Å²) in [5.41, 5.74) is 1.34. The van der Waals surface area contributed by atoms with Gasteiger partial charge in [-0.2, -0.15) is 0 Å². The minimum atomic E-state index is 0.199. The summed E-state index contributed by atoms with van der Waals surface area (Å²) in [7, 11) is 0. The maximum absolute atomic E-state index is 6.25. The average Bonchev–Trinajstić information content (AvgIpc) is 2.99. The Labute approximate surface area is 107 Å². The van der Waals surface area contributed by atoms with Crippen molar-refractivity contribution in [3.05, 3.63) is 33.8 Å². The Kier molecular flexibility index (Phi) is 3.78. The van der Waals surface area contributed by atoms with E-state index in [1.54, 1.807) is 0 Å². The van der Waals surface area contributed by atoms with Crippen LogP contribution in [0.25, 0.3) is 0 Å². The van der Waals surface area contributed by atoms with E-state index in [1.165, 1.54) is 12.8 Å². The first-order valence-electron chi connectivity index (χ1n) is 5.85. The zero-order valence-electron chi connectivity index (χ0n) is 9.52. The van der Waals surface area contributed by atoms with E-state index in [-0.39, 0.29) is 5.41 Å². The molecule has 0 aliphatic heterocycles. The van der Waals surface area contributed by atoms with Gasteiger partial charge in [-0.3, -0.25) is 0 Å². The summed E-state index contributed by atoms with van der Waals surface area (Å²) in [6.45, 7) is 4.23. The molecule has 0 saturated heterocycles. The van der Waals surface area contributed by atoms with Crippen molar-refractivity contribution in [1.29, 1.82) is 0 Å². The molecule has 1 aliphatic rings. The van der Waals surface area contributed by atoms with Gasteiger partial charge in [-0.25, -0.2) is 0 Å². The maximum atomic E-state index is 6.25. The van der Waals surface area contributed by atoms with E-state index in [0.29, 0.717) is 0 Å². The number of rotatable bonds is 5. The van der Waals surface area contributed by atoms with Gasteiger partial charge in [-0.1, -0.05) is 36.2 Å². The van der Waals surface area contributed by atoms with E-state index >= 15 is 0 Å². The summed E-state index contributed by atoms with van der Waals surface area (Å²) < 4.78 is 0. The maximum Gasteiger partial charge on any atom is 0.0459 e. The molecule has 0 bridgehead atoms. The SMILES string of the molecule is CCCNCC1(c2c(Cl)cccc2Cl)CC1. The number of hydrogen-bond acceptors (Lipinski definition) is 1. The minimum Gasteiger partial charge on any atom is -0.316 e. The number of benzene rings is 1. The number of halogens is 2. The summed E-state index contributed by atoms with van der Waals surface area (Å²) in [4.78, 5) is 0. The molecule has 0 radical (unpaired) electrons. The minimum absolute atomic E-state index is 0.199. The van der Waals surface area contributed by atoms with E-state index in [4.69, 9.17) is 23.2 Å². The smallest absolute Gasteiger partial charge is 0.0459 e. The van der Waals surface area contributed by atoms with Crippen molar-refractivity contribution in [3.63, 3.8) is 0 Å². The summed E-state index contributed by atoms with van der Waals surface area (Å²) in [5, 5.41) is 5.09. The molecule has 1 fully saturated rings. The van der Waals surface area contributed by atoms with Crippen molar-refractivity contribution >= 4 is 23.2 Å². The van der Waals surface area contributed by atoms with Crippen LogP contribution in [-0.2, 0) is 5.41 Å². The van der Waals surface area contributed by atoms with Crippen LogP contribution in [0.2, 0.25) is 10.0 Å². The van der Waals surface area contributed by atoms with E-state index in [0.717, 1.165) is 35.1 Å². The second-order valence-corrected chi connectivity index (χ2v) is 5.37. The fourth-order valence-electron chi connectivity index (χ4n) is 2.17. The van der Waals surface area contributed by atoms with E-state index in [9.17, 15) is 0 Å². The van der Waals surface area contributed by atoms with Crippen LogP contribution < -0.4 is 5.32 Å². The highest BCUT2D eigenvalue weighted by Crippen LogP contribution is 2.52. The second-order valence-electron chi connectivity index (χ2n) is 4.55. The molecule has 1 aromatic rings. The standard InChI is InChI=1S/C13H17Cl2N/c1-2-8-16-9-13(6-7-13)12-10(14)4-3-5-11(12)15/h3-5,16H,2,6-9H2,1H3. The third-order valence-corrected chi connectivity index (χ3v) is 3.87. The van der Waals surface area contributed by atoms with Gasteiger partial charge in [0, 0.05) is 22.0 Å². The predicted molar refractivity (Wildman–Crippen MR) is 70.5 cm³/mol. The molecule has 1 aromatic carbocycles. The lowest BCUT2D eigenvalue weighted by atomic mass is 9.95. The molecule has 0 unspecified atom stereocenters. The highest BCUT2D eigenvalue weighted by atomic mass is 35.5. The van der Waals surface area contributed by atoms with E-state index in [2.05, 4.69) is 12.2 Å². The van der Waals surface area contributed by atoms with Crippen molar-refractivity contribution in [2.24, 2.45) is 0 Å². The summed E-state index contributed by atoms with van der Waals surface area (Å²) in [6.07, 6.45) is 3.53. The molecule has 0 spiro atoms. The molecule has 3 heteroatoms. The highest BCUT2D eigenvalue weighted by molar-refractivity contribution is 6.36. The van der Waals surface area contributed by atoms with Crippen LogP contribution in [0.1, 0.15) is 31.7 Å². The third-order valence-electron chi connectivity index (χ3n) is 3.24. The van der Waals surface area contributed by atoms with Gasteiger partial charge < -0.3 is 5.32 Å². The number of hydrogen-bond donors (Lipinski definition) is 1. The van der Waals surface area contributed by atoms with Crippen molar-refractivity contribution in [2.75, 3.05) is 13.1 Å². The van der Waals surface area contributed by atoms with Crippen LogP contribution in [0.15, 0.2) is 18.2 Å². The average molecular weight is 258 g/mol. The van der Waals surface area contributed by atoms with Crippen LogP contribution in [0, 0.1) is 0 Å². The Balaban J connectivity index is 2.16. The van der Waals surface area contributed by atoms with Gasteiger partial charge in [0.15, 0.2) is 0 Å². The van der Waals surface area contributed by atoms with Crippen molar-refractivity contribution in [1.82, 2.24) is 5.32 Å². The highest BCUT2D eigenvalue weighted by Gasteiger charge is 2.46. The zero-order valence-corrected chi connectivity index (χ0v) is 11.0. The molecule has 0 heterocycles. The lowest BCUT2D eigenvalue weighted by molar-refractivity contribution is 0.572. The topological polar surface area (TPSA) is 12.0 Å². The third kappa shape index (κ3) is 2.37. The van der Waals surface area contributed by atoms with Gasteiger partial charge in [-0.15, -0.1) is 0 Å². The fourth-order valence-corrected chi connectivity index (χ4v) is 2.97. The van der Waals surface area contributed by atoms with Gasteiger partial charge in [-0.05, 0) is 43.5 Å². The zero-order chi connectivity index (χ0) is 11.6. The van der Waals surface area contributed by atoms with E-state index in [1.807, 2.05) is 18.2 Å². The van der Waals surface area contributed by atoms with Gasteiger partial charge in [0.2, 0.25) is 0 Å². The monoisotopic (exact) mass is 257 g/mol. The molecule has 0 aromatic heterocycles. The molecular formula is C13H17Cl2N. The van der Waals surface area contributed by atoms with Crippen LogP contribution in [-0.4, -0.2) is 13.1 Å². The van der Waals surface area contributed by atoms with Gasteiger partial charge >= 0.3 is 0 Å². The van der Waals surface area contributed by atoms with Crippen molar-refractivity contribution in [3.8, 4) is 0 Å². The fraction of sp³-hybridized carbons (Fsp3) is 0.538. The Bertz CT molecular complexity index is 352. The van der Waals surface area contributed by atoms with Crippen molar-refractivity contribution in [2.45, 2.75) is 31.6 Å². The van der Waals surface area contributed by atoms with Crippen LogP contribution in [0.4, 0.5) is 0 Å². The molecule has 0 amide bonds. The summed E-state index contributed by atoms with van der Waals surface area (Å²) in [6, 6.07) is 5.77. The second kappa shape index (κ2) is 4.95. The van der Waals surface area contributed by atoms with Gasteiger partial charge in [0.05, 0.1) is 0 Å². The normalized spacial score (nSPS) is 17.4. The first-order valence-corrected chi connectivity index (χ1v) is 6.60. The van der Waals surface area contributed by atoms with Gasteiger partial charge in [0.1, 0.15) is 0 Å². The Morgan fingerprint density at radius 2 is 1.88 bits per heavy atom. The Hall–Kier alpha value is -0.240. The quantitative estimate of drug-likeness (QED) is 0.786. The summed E-state index contributed by atoms with van der Waals surface area (Å²) >= 11 is 12.5. The van der Waals surface area contributed by atoms with E-state index < -0.39 is 0 Å². The molecule has 0 atom stereocenters. The van der Waals surface area contributed by atoms with Crippen molar-refractivity contribution < 1.29 is 0 Å². The first kappa shape index (κ1) is 12.2. The van der Waals surface area contributed by atoms with Crippen LogP contribution in [0.3, 0.4) is 0 Å². The lowest BCUT2D eigenvalue weighted by Gasteiger charge is -2.19. The van der Waals surface area contributed by atoms with Crippen LogP contribution in [0.5, 0.6) is 0 Å². The lowest BCUT2D eigenvalue weighted by Crippen LogP contribution is -2.28. The van der Waals surface area contributed by atoms with Gasteiger partial charge in [0.25, 0.3) is 0 Å². The Morgan fingerprint density at radius 3 is 2.38 bits per heavy atom. The molecule has 1 aliphatic carbocycles. The molecule has 2 rings (SSSR count). The number of nitrogens with one attached hydrogen (secondary N) is 1. The molecular weight excluding hydrogens is 241 g/mol. The molecule has 1 N–H and O–H groups in total. The van der Waals surface area contributed by atoms with Crippen LogP contribution >= 0.6 is 23.2 Å². The predicted octanol–water partition coefficient (Wildman–Crippen LogP) is 4.02. The largest absolute Gasteiger partial charge is 0.316 e. The Morgan fingerprint density at radius 1 is 1.25 bits per heavy atom. The molecule has 16 heavy (non-hydrogen) atoms. The first-order chi connectivity index (χ1) is 7.69. The molecule has 1 nitrogen and oxygen atoms in total. The summed E-state index contributed by atoms with van der Waals surface area (Å²) in [5.74, 6) is 0. The molecule has 1 saturated carbocycles.